The van der Waals surface area contributed by atoms with E-state index in [2.05, 4.69) is 10.3 Å². The van der Waals surface area contributed by atoms with Crippen LogP contribution >= 0.6 is 0 Å². The van der Waals surface area contributed by atoms with Crippen LogP contribution in [0.5, 0.6) is 0 Å². The van der Waals surface area contributed by atoms with Crippen LogP contribution in [0.3, 0.4) is 0 Å². The number of amides is 1. The Morgan fingerprint density at radius 1 is 1.19 bits per heavy atom. The molecule has 134 valence electrons. The van der Waals surface area contributed by atoms with E-state index in [-0.39, 0.29) is 18.9 Å². The first kappa shape index (κ1) is 17.6. The number of nitrogens with zero attached hydrogens (tertiary/aromatic N) is 2. The molecule has 0 bridgehead atoms. The van der Waals surface area contributed by atoms with Gasteiger partial charge in [-0.1, -0.05) is 24.3 Å². The molecule has 0 spiro atoms. The summed E-state index contributed by atoms with van der Waals surface area (Å²) >= 11 is 0. The normalized spacial score (nSPS) is 10.8. The van der Waals surface area contributed by atoms with Gasteiger partial charge in [-0.05, 0) is 23.8 Å². The van der Waals surface area contributed by atoms with E-state index in [0.29, 0.717) is 17.6 Å². The fourth-order valence-electron chi connectivity index (χ4n) is 2.77. The molecular weight excluding hydrogens is 332 g/mol. The van der Waals surface area contributed by atoms with E-state index < -0.39 is 5.97 Å². The summed E-state index contributed by atoms with van der Waals surface area (Å²) in [6.07, 6.45) is -0.111. The largest absolute Gasteiger partial charge is 0.481 e. The van der Waals surface area contributed by atoms with Gasteiger partial charge in [-0.2, -0.15) is 0 Å². The number of nitrogens with two attached hydrogens (primary N) is 1. The predicted molar refractivity (Wildman–Crippen MR) is 98.6 cm³/mol. The average Bonchev–Trinajstić information content (AvgIpc) is 2.97. The van der Waals surface area contributed by atoms with Gasteiger partial charge in [0.05, 0.1) is 17.5 Å². The molecule has 3 rings (SSSR count). The predicted octanol–water partition coefficient (Wildman–Crippen LogP) is 1.90. The second kappa shape index (κ2) is 7.37. The summed E-state index contributed by atoms with van der Waals surface area (Å²) < 4.78 is 1.97. The summed E-state index contributed by atoms with van der Waals surface area (Å²) in [4.78, 5) is 27.3. The minimum Gasteiger partial charge on any atom is -0.481 e. The molecular formula is C19H20N4O3. The van der Waals surface area contributed by atoms with Crippen LogP contribution in [0.4, 0.5) is 0 Å². The fraction of sp³-hybridized carbons (Fsp3) is 0.211. The number of carbonyl (C=O) groups is 2. The third kappa shape index (κ3) is 3.57. The molecule has 1 amide bonds. The highest BCUT2D eigenvalue weighted by Crippen LogP contribution is 2.24. The number of hydrogen-bond donors (Lipinski definition) is 3. The zero-order valence-corrected chi connectivity index (χ0v) is 14.4. The van der Waals surface area contributed by atoms with Gasteiger partial charge in [0.2, 0.25) is 0 Å². The number of benzene rings is 2. The number of hydrogen-bond acceptors (Lipinski definition) is 4. The summed E-state index contributed by atoms with van der Waals surface area (Å²) in [5, 5.41) is 11.2. The van der Waals surface area contributed by atoms with Crippen LogP contribution in [-0.2, 0) is 18.4 Å². The lowest BCUT2D eigenvalue weighted by Gasteiger charge is -2.04. The molecule has 0 saturated carbocycles. The first-order valence-electron chi connectivity index (χ1n) is 8.25. The lowest BCUT2D eigenvalue weighted by molar-refractivity contribution is -0.136. The van der Waals surface area contributed by atoms with Gasteiger partial charge in [-0.3, -0.25) is 9.59 Å². The number of carboxylic acid groups (broad SMARTS) is 1. The lowest BCUT2D eigenvalue weighted by atomic mass is 10.1. The third-order valence-corrected chi connectivity index (χ3v) is 4.22. The van der Waals surface area contributed by atoms with E-state index in [1.54, 1.807) is 12.1 Å². The number of aliphatic carboxylic acids is 1. The Hall–Kier alpha value is -3.19. The van der Waals surface area contributed by atoms with Crippen molar-refractivity contribution in [2.24, 2.45) is 12.8 Å². The van der Waals surface area contributed by atoms with Crippen molar-refractivity contribution in [1.29, 1.82) is 0 Å². The van der Waals surface area contributed by atoms with Crippen LogP contribution in [0.2, 0.25) is 0 Å². The van der Waals surface area contributed by atoms with Crippen molar-refractivity contribution in [2.45, 2.75) is 13.0 Å². The highest BCUT2D eigenvalue weighted by atomic mass is 16.4. The van der Waals surface area contributed by atoms with Crippen molar-refractivity contribution in [3.63, 3.8) is 0 Å². The summed E-state index contributed by atoms with van der Waals surface area (Å²) in [6.45, 7) is 0.580. The molecule has 7 heteroatoms. The zero-order valence-electron chi connectivity index (χ0n) is 14.4. The highest BCUT2D eigenvalue weighted by molar-refractivity contribution is 5.98. The average molecular weight is 352 g/mol. The van der Waals surface area contributed by atoms with E-state index in [1.165, 1.54) is 0 Å². The molecule has 4 N–H and O–H groups in total. The van der Waals surface area contributed by atoms with Gasteiger partial charge in [-0.15, -0.1) is 0 Å². The highest BCUT2D eigenvalue weighted by Gasteiger charge is 2.13. The summed E-state index contributed by atoms with van der Waals surface area (Å²) in [5.74, 6) is -0.463. The van der Waals surface area contributed by atoms with E-state index in [0.717, 1.165) is 22.5 Å². The van der Waals surface area contributed by atoms with Crippen LogP contribution in [-0.4, -0.2) is 33.1 Å². The maximum absolute atomic E-state index is 12.2. The van der Waals surface area contributed by atoms with Crippen LogP contribution in [0.15, 0.2) is 42.5 Å². The van der Waals surface area contributed by atoms with Crippen LogP contribution in [0.25, 0.3) is 22.4 Å². The number of aromatic nitrogens is 2. The second-order valence-corrected chi connectivity index (χ2v) is 6.00. The second-order valence-electron chi connectivity index (χ2n) is 6.00. The minimum absolute atomic E-state index is 0.0904. The summed E-state index contributed by atoms with van der Waals surface area (Å²) in [6, 6.07) is 13.1. The molecule has 0 aliphatic carbocycles. The molecule has 0 atom stereocenters. The molecule has 3 aromatic rings. The number of rotatable bonds is 6. The van der Waals surface area contributed by atoms with E-state index in [9.17, 15) is 9.59 Å². The minimum atomic E-state index is -0.948. The van der Waals surface area contributed by atoms with E-state index in [4.69, 9.17) is 10.8 Å². The Morgan fingerprint density at radius 3 is 2.58 bits per heavy atom. The summed E-state index contributed by atoms with van der Waals surface area (Å²) in [5.41, 5.74) is 9.71. The number of nitrogens with one attached hydrogen (secondary N) is 1. The molecule has 0 fully saturated rings. The van der Waals surface area contributed by atoms with Crippen molar-refractivity contribution in [1.82, 2.24) is 14.9 Å². The molecule has 7 nitrogen and oxygen atoms in total. The Morgan fingerprint density at radius 2 is 1.92 bits per heavy atom. The van der Waals surface area contributed by atoms with Crippen molar-refractivity contribution in [3.05, 3.63) is 53.6 Å². The topological polar surface area (TPSA) is 110 Å². The first-order chi connectivity index (χ1) is 12.5. The Kier molecular flexibility index (Phi) is 4.99. The quantitative estimate of drug-likeness (QED) is 0.628. The van der Waals surface area contributed by atoms with E-state index in [1.807, 2.05) is 41.9 Å². The third-order valence-electron chi connectivity index (χ3n) is 4.22. The molecule has 0 aliphatic heterocycles. The van der Waals surface area contributed by atoms with Crippen LogP contribution in [0.1, 0.15) is 22.3 Å². The van der Waals surface area contributed by atoms with Crippen molar-refractivity contribution in [2.75, 3.05) is 6.54 Å². The number of aryl methyl sites for hydroxylation is 1. The number of carboxylic acids is 1. The van der Waals surface area contributed by atoms with Crippen molar-refractivity contribution < 1.29 is 14.7 Å². The first-order valence-corrected chi connectivity index (χ1v) is 8.25. The van der Waals surface area contributed by atoms with Gasteiger partial charge in [0.15, 0.2) is 0 Å². The smallest absolute Gasteiger partial charge is 0.305 e. The number of fused-ring (bicyclic) bond motifs is 1. The number of carbonyl (C=O) groups excluding carboxylic acids is 1. The zero-order chi connectivity index (χ0) is 18.7. The van der Waals surface area contributed by atoms with E-state index >= 15 is 0 Å². The number of imidazole rings is 1. The van der Waals surface area contributed by atoms with Gasteiger partial charge in [0.25, 0.3) is 5.91 Å². The maximum atomic E-state index is 12.2. The Bertz CT molecular complexity index is 961. The van der Waals surface area contributed by atoms with Gasteiger partial charge in [-0.25, -0.2) is 4.98 Å². The van der Waals surface area contributed by atoms with Crippen LogP contribution in [0, 0.1) is 0 Å². The molecule has 1 heterocycles. The lowest BCUT2D eigenvalue weighted by Crippen LogP contribution is -2.25. The van der Waals surface area contributed by atoms with Gasteiger partial charge < -0.3 is 20.7 Å². The molecule has 2 aromatic carbocycles. The van der Waals surface area contributed by atoms with Crippen molar-refractivity contribution in [3.8, 4) is 11.4 Å². The summed E-state index contributed by atoms with van der Waals surface area (Å²) in [7, 11) is 1.92. The molecule has 0 aliphatic rings. The van der Waals surface area contributed by atoms with Gasteiger partial charge >= 0.3 is 5.97 Å². The molecule has 0 unspecified atom stereocenters. The molecule has 26 heavy (non-hydrogen) atoms. The standard InChI is InChI=1S/C19H20N4O3/c1-23-16-7-6-14(19(26)21-9-8-17(24)25)10-15(16)22-18(23)13-4-2-12(11-20)3-5-13/h2-7,10H,8-9,11,20H2,1H3,(H,21,26)(H,24,25). The van der Waals surface area contributed by atoms with Crippen LogP contribution < -0.4 is 11.1 Å². The fourth-order valence-corrected chi connectivity index (χ4v) is 2.77. The van der Waals surface area contributed by atoms with Crippen molar-refractivity contribution >= 4 is 22.9 Å². The van der Waals surface area contributed by atoms with Gasteiger partial charge in [0.1, 0.15) is 5.82 Å². The SMILES string of the molecule is Cn1c(-c2ccc(CN)cc2)nc2cc(C(=O)NCCC(=O)O)ccc21. The van der Waals surface area contributed by atoms with Gasteiger partial charge in [0, 0.05) is 31.3 Å². The molecule has 0 radical (unpaired) electrons. The monoisotopic (exact) mass is 352 g/mol. The Labute approximate surface area is 150 Å². The molecule has 1 aromatic heterocycles. The molecule has 0 saturated heterocycles. The maximum Gasteiger partial charge on any atom is 0.305 e. The Balaban J connectivity index is 1.88.